The van der Waals surface area contributed by atoms with Gasteiger partial charge in [-0.05, 0) is 56.2 Å². The van der Waals surface area contributed by atoms with Gasteiger partial charge in [0.15, 0.2) is 0 Å². The van der Waals surface area contributed by atoms with E-state index in [4.69, 9.17) is 4.74 Å². The van der Waals surface area contributed by atoms with Crippen molar-refractivity contribution < 1.29 is 27.4 Å². The van der Waals surface area contributed by atoms with E-state index in [1.807, 2.05) is 0 Å². The summed E-state index contributed by atoms with van der Waals surface area (Å²) in [5.41, 5.74) is -3.89. The highest BCUT2D eigenvalue weighted by Gasteiger charge is 2.56. The van der Waals surface area contributed by atoms with Crippen molar-refractivity contribution >= 4 is 0 Å². The molecule has 0 bridgehead atoms. The Labute approximate surface area is 149 Å². The molecule has 0 aliphatic carbocycles. The van der Waals surface area contributed by atoms with Crippen molar-refractivity contribution in [3.05, 3.63) is 59.7 Å². The molecule has 2 aromatic rings. The molecule has 1 heterocycles. The second-order valence-corrected chi connectivity index (χ2v) is 6.88. The SMILES string of the molecule is COc1ccc(F)cc1C(C)(CC(C)(O)Cc1ccncc1)C(F)(F)F. The van der Waals surface area contributed by atoms with Crippen LogP contribution in [0.3, 0.4) is 0 Å². The largest absolute Gasteiger partial charge is 0.496 e. The smallest absolute Gasteiger partial charge is 0.398 e. The van der Waals surface area contributed by atoms with E-state index in [0.717, 1.165) is 25.1 Å². The summed E-state index contributed by atoms with van der Waals surface area (Å²) >= 11 is 0. The number of methoxy groups -OCH3 is 1. The first-order chi connectivity index (χ1) is 12.0. The standard InChI is InChI=1S/C19H21F4NO2/c1-17(25,11-13-6-8-24-9-7-13)12-18(2,19(21,22)23)15-10-14(20)4-5-16(15)26-3/h4-10,25H,11-12H2,1-3H3. The number of ether oxygens (including phenoxy) is 1. The van der Waals surface area contributed by atoms with E-state index in [9.17, 15) is 22.7 Å². The zero-order valence-electron chi connectivity index (χ0n) is 14.8. The first kappa shape index (κ1) is 20.2. The molecule has 0 saturated carbocycles. The van der Waals surface area contributed by atoms with Crippen LogP contribution in [0.25, 0.3) is 0 Å². The third-order valence-corrected chi connectivity index (χ3v) is 4.45. The molecule has 2 atom stereocenters. The van der Waals surface area contributed by atoms with Crippen LogP contribution in [0.5, 0.6) is 5.75 Å². The Balaban J connectivity index is 2.46. The van der Waals surface area contributed by atoms with Crippen molar-refractivity contribution in [2.24, 2.45) is 0 Å². The van der Waals surface area contributed by atoms with Crippen LogP contribution in [0.15, 0.2) is 42.7 Å². The molecule has 3 nitrogen and oxygen atoms in total. The molecule has 0 saturated heterocycles. The van der Waals surface area contributed by atoms with Gasteiger partial charge in [-0.15, -0.1) is 0 Å². The molecule has 0 aliphatic rings. The van der Waals surface area contributed by atoms with Crippen molar-refractivity contribution in [3.8, 4) is 5.75 Å². The summed E-state index contributed by atoms with van der Waals surface area (Å²) < 4.78 is 60.7. The number of hydrogen-bond acceptors (Lipinski definition) is 3. The van der Waals surface area contributed by atoms with Crippen molar-refractivity contribution in [2.75, 3.05) is 7.11 Å². The van der Waals surface area contributed by atoms with Crippen LogP contribution in [0.1, 0.15) is 31.4 Å². The second-order valence-electron chi connectivity index (χ2n) is 6.88. The van der Waals surface area contributed by atoms with Gasteiger partial charge in [-0.25, -0.2) is 4.39 Å². The summed E-state index contributed by atoms with van der Waals surface area (Å²) in [7, 11) is 1.22. The van der Waals surface area contributed by atoms with Crippen LogP contribution in [-0.2, 0) is 11.8 Å². The summed E-state index contributed by atoms with van der Waals surface area (Å²) in [4.78, 5) is 3.85. The minimum Gasteiger partial charge on any atom is -0.496 e. The van der Waals surface area contributed by atoms with E-state index in [2.05, 4.69) is 4.98 Å². The van der Waals surface area contributed by atoms with Gasteiger partial charge in [-0.3, -0.25) is 4.98 Å². The number of benzene rings is 1. The molecule has 0 aliphatic heterocycles. The van der Waals surface area contributed by atoms with Crippen molar-refractivity contribution in [2.45, 2.75) is 43.9 Å². The maximum absolute atomic E-state index is 14.0. The maximum Gasteiger partial charge on any atom is 0.398 e. The van der Waals surface area contributed by atoms with Crippen LogP contribution in [0.4, 0.5) is 17.6 Å². The Morgan fingerprint density at radius 3 is 2.23 bits per heavy atom. The van der Waals surface area contributed by atoms with Gasteiger partial charge < -0.3 is 9.84 Å². The Morgan fingerprint density at radius 2 is 1.69 bits per heavy atom. The number of alkyl halides is 3. The number of nitrogens with zero attached hydrogens (tertiary/aromatic N) is 1. The topological polar surface area (TPSA) is 42.4 Å². The van der Waals surface area contributed by atoms with Crippen LogP contribution >= 0.6 is 0 Å². The van der Waals surface area contributed by atoms with E-state index < -0.39 is 29.4 Å². The molecule has 26 heavy (non-hydrogen) atoms. The lowest BCUT2D eigenvalue weighted by atomic mass is 9.71. The minimum absolute atomic E-state index is 0.00117. The summed E-state index contributed by atoms with van der Waals surface area (Å²) in [6.45, 7) is 2.29. The fourth-order valence-corrected chi connectivity index (χ4v) is 3.22. The fraction of sp³-hybridized carbons (Fsp3) is 0.421. The van der Waals surface area contributed by atoms with E-state index in [-0.39, 0.29) is 17.7 Å². The molecule has 1 aromatic carbocycles. The molecule has 142 valence electrons. The maximum atomic E-state index is 14.0. The normalized spacial score (nSPS) is 16.6. The lowest BCUT2D eigenvalue weighted by Gasteiger charge is -2.39. The van der Waals surface area contributed by atoms with Gasteiger partial charge in [0, 0.05) is 24.4 Å². The van der Waals surface area contributed by atoms with Crippen LogP contribution < -0.4 is 4.74 Å². The summed E-state index contributed by atoms with van der Waals surface area (Å²) in [6, 6.07) is 6.26. The monoisotopic (exact) mass is 371 g/mol. The highest BCUT2D eigenvalue weighted by atomic mass is 19.4. The second kappa shape index (κ2) is 7.23. The Hall–Kier alpha value is -2.15. The molecule has 0 amide bonds. The number of aromatic nitrogens is 1. The molecule has 0 radical (unpaired) electrons. The summed E-state index contributed by atoms with van der Waals surface area (Å²) in [6.07, 6.45) is -2.38. The number of pyridine rings is 1. The molecular formula is C19H21F4NO2. The predicted octanol–water partition coefficient (Wildman–Crippen LogP) is 4.43. The zero-order chi connectivity index (χ0) is 19.6. The van der Waals surface area contributed by atoms with Crippen LogP contribution in [0, 0.1) is 5.82 Å². The van der Waals surface area contributed by atoms with Crippen LogP contribution in [0.2, 0.25) is 0 Å². The van der Waals surface area contributed by atoms with Gasteiger partial charge in [0.05, 0.1) is 18.1 Å². The van der Waals surface area contributed by atoms with Gasteiger partial charge in [-0.2, -0.15) is 13.2 Å². The average molecular weight is 371 g/mol. The van der Waals surface area contributed by atoms with E-state index in [0.29, 0.717) is 5.56 Å². The first-order valence-corrected chi connectivity index (χ1v) is 8.00. The Kier molecular flexibility index (Phi) is 5.61. The Morgan fingerprint density at radius 1 is 1.08 bits per heavy atom. The van der Waals surface area contributed by atoms with E-state index >= 15 is 0 Å². The number of aliphatic hydroxyl groups is 1. The minimum atomic E-state index is -4.73. The van der Waals surface area contributed by atoms with Gasteiger partial charge in [0.1, 0.15) is 11.6 Å². The lowest BCUT2D eigenvalue weighted by Crippen LogP contribution is -2.47. The first-order valence-electron chi connectivity index (χ1n) is 8.00. The predicted molar refractivity (Wildman–Crippen MR) is 89.5 cm³/mol. The average Bonchev–Trinajstić information content (AvgIpc) is 2.53. The molecule has 7 heteroatoms. The molecule has 2 rings (SSSR count). The summed E-state index contributed by atoms with van der Waals surface area (Å²) in [5.74, 6) is -0.879. The molecule has 0 spiro atoms. The van der Waals surface area contributed by atoms with Gasteiger partial charge >= 0.3 is 6.18 Å². The Bertz CT molecular complexity index is 747. The third-order valence-electron chi connectivity index (χ3n) is 4.45. The van der Waals surface area contributed by atoms with E-state index in [1.165, 1.54) is 26.4 Å². The molecular weight excluding hydrogens is 350 g/mol. The highest BCUT2D eigenvalue weighted by Crippen LogP contribution is 2.49. The number of halogens is 4. The molecule has 2 unspecified atom stereocenters. The quantitative estimate of drug-likeness (QED) is 0.764. The number of hydrogen-bond donors (Lipinski definition) is 1. The van der Waals surface area contributed by atoms with Crippen molar-refractivity contribution in [1.82, 2.24) is 4.98 Å². The van der Waals surface area contributed by atoms with Gasteiger partial charge in [0.2, 0.25) is 0 Å². The van der Waals surface area contributed by atoms with Crippen molar-refractivity contribution in [3.63, 3.8) is 0 Å². The fourth-order valence-electron chi connectivity index (χ4n) is 3.22. The highest BCUT2D eigenvalue weighted by molar-refractivity contribution is 5.41. The van der Waals surface area contributed by atoms with Crippen LogP contribution in [-0.4, -0.2) is 29.0 Å². The lowest BCUT2D eigenvalue weighted by molar-refractivity contribution is -0.200. The number of rotatable bonds is 6. The van der Waals surface area contributed by atoms with E-state index in [1.54, 1.807) is 12.1 Å². The van der Waals surface area contributed by atoms with Gasteiger partial charge in [-0.1, -0.05) is 0 Å². The van der Waals surface area contributed by atoms with Gasteiger partial charge in [0.25, 0.3) is 0 Å². The van der Waals surface area contributed by atoms with Crippen molar-refractivity contribution in [1.29, 1.82) is 0 Å². The third kappa shape index (κ3) is 4.33. The summed E-state index contributed by atoms with van der Waals surface area (Å²) in [5, 5.41) is 10.7. The zero-order valence-corrected chi connectivity index (χ0v) is 14.8. The molecule has 1 aromatic heterocycles. The molecule has 0 fully saturated rings. The molecule has 1 N–H and O–H groups in total.